The third kappa shape index (κ3) is 21.4. The smallest absolute Gasteiger partial charge is 0.326 e. The van der Waals surface area contributed by atoms with Gasteiger partial charge in [0.2, 0.25) is 47.3 Å². The number of carboxylic acid groups (broad SMARTS) is 1. The van der Waals surface area contributed by atoms with Crippen LogP contribution in [0.3, 0.4) is 0 Å². The summed E-state index contributed by atoms with van der Waals surface area (Å²) in [6.07, 6.45) is 8.62. The predicted molar refractivity (Wildman–Crippen MR) is 276 cm³/mol. The first kappa shape index (κ1) is 59.9. The minimum absolute atomic E-state index is 0.0255. The standard InChI is InChI=1S/C49H71N17O10/c1-27(2)14-35(43(70)65-37(16-30-10-7-6-8-11-30)45(72)62-34(48(75)76)12-9-13-55-49(50)51)64-47(74)40(19-33-22-54-26-59-33)66-44(71)36(15-28(3)4)63-46(73)39(18-32-21-53-25-58-32)61-41(68)23-56-42(69)38(60-29(5)67)17-31-20-52-24-57-31/h6-8,10-11,20-22,24-28,34-40H,9,12-19,23H2,1-5H3,(H,52,57)(H,53,58)(H,54,59)(H,56,69)(H,60,67)(H,61,68)(H,62,72)(H,63,73)(H,64,74)(H,65,70)(H,66,71)(H,75,76)(H4,50,51,55)/t34-,35-,36-,37-,38-,39-,40-/m0/s1. The van der Waals surface area contributed by atoms with Crippen molar-refractivity contribution in [3.63, 3.8) is 0 Å². The molecule has 8 amide bonds. The van der Waals surface area contributed by atoms with Crippen molar-refractivity contribution >= 4 is 59.2 Å². The highest BCUT2D eigenvalue weighted by Crippen LogP contribution is 2.13. The number of imidazole rings is 3. The summed E-state index contributed by atoms with van der Waals surface area (Å²) in [4.78, 5) is 146. The molecule has 16 N–H and O–H groups in total. The van der Waals surface area contributed by atoms with E-state index >= 15 is 0 Å². The van der Waals surface area contributed by atoms with Crippen molar-refractivity contribution in [1.29, 1.82) is 0 Å². The summed E-state index contributed by atoms with van der Waals surface area (Å²) in [7, 11) is 0. The van der Waals surface area contributed by atoms with Gasteiger partial charge in [0.05, 0.1) is 25.5 Å². The number of nitrogens with zero attached hydrogens (tertiary/aromatic N) is 4. The number of aromatic amines is 3. The summed E-state index contributed by atoms with van der Waals surface area (Å²) >= 11 is 0. The second-order valence-electron chi connectivity index (χ2n) is 19.0. The summed E-state index contributed by atoms with van der Waals surface area (Å²) in [5.41, 5.74) is 12.9. The van der Waals surface area contributed by atoms with Crippen LogP contribution >= 0.6 is 0 Å². The summed E-state index contributed by atoms with van der Waals surface area (Å²) < 4.78 is 0. The Hall–Kier alpha value is -8.65. The number of hydrogen-bond acceptors (Lipinski definition) is 13. The molecule has 0 bridgehead atoms. The molecule has 3 aromatic heterocycles. The Kier molecular flexibility index (Phi) is 24.1. The molecule has 4 aromatic rings. The van der Waals surface area contributed by atoms with Crippen LogP contribution in [0.2, 0.25) is 0 Å². The molecular weight excluding hydrogens is 987 g/mol. The van der Waals surface area contributed by atoms with Crippen molar-refractivity contribution < 1.29 is 48.3 Å². The molecule has 0 saturated carbocycles. The number of rotatable bonds is 32. The van der Waals surface area contributed by atoms with E-state index in [2.05, 4.69) is 77.4 Å². The molecule has 0 unspecified atom stereocenters. The van der Waals surface area contributed by atoms with E-state index in [0.717, 1.165) is 0 Å². The first-order valence-corrected chi connectivity index (χ1v) is 24.8. The van der Waals surface area contributed by atoms with Gasteiger partial charge in [-0.2, -0.15) is 0 Å². The Morgan fingerprint density at radius 2 is 0.961 bits per heavy atom. The minimum Gasteiger partial charge on any atom is -0.480 e. The van der Waals surface area contributed by atoms with Crippen molar-refractivity contribution in [2.45, 2.75) is 128 Å². The first-order chi connectivity index (χ1) is 36.2. The Morgan fingerprint density at radius 1 is 0.553 bits per heavy atom. The number of benzene rings is 1. The predicted octanol–water partition coefficient (Wildman–Crippen LogP) is -2.11. The number of hydrogen-bond donors (Lipinski definition) is 14. The number of aliphatic carboxylic acids is 1. The number of nitrogens with two attached hydrogens (primary N) is 2. The number of guanidine groups is 1. The van der Waals surface area contributed by atoms with Gasteiger partial charge in [0, 0.05) is 74.8 Å². The lowest BCUT2D eigenvalue weighted by Crippen LogP contribution is -2.60. The van der Waals surface area contributed by atoms with Gasteiger partial charge in [-0.25, -0.2) is 19.7 Å². The fraction of sp³-hybridized carbons (Fsp3) is 0.490. The molecule has 0 fully saturated rings. The van der Waals surface area contributed by atoms with Gasteiger partial charge >= 0.3 is 5.97 Å². The molecule has 0 spiro atoms. The third-order valence-electron chi connectivity index (χ3n) is 11.5. The van der Waals surface area contributed by atoms with Crippen LogP contribution in [0.4, 0.5) is 0 Å². The Labute approximate surface area is 439 Å². The van der Waals surface area contributed by atoms with Crippen molar-refractivity contribution in [3.8, 4) is 0 Å². The number of carboxylic acids is 1. The largest absolute Gasteiger partial charge is 0.480 e. The van der Waals surface area contributed by atoms with Crippen molar-refractivity contribution in [2.75, 3.05) is 13.1 Å². The Balaban J connectivity index is 1.54. The van der Waals surface area contributed by atoms with Gasteiger partial charge in [-0.1, -0.05) is 58.0 Å². The lowest BCUT2D eigenvalue weighted by molar-refractivity contribution is -0.142. The van der Waals surface area contributed by atoms with Crippen molar-refractivity contribution in [3.05, 3.63) is 90.5 Å². The maximum absolute atomic E-state index is 14.4. The van der Waals surface area contributed by atoms with Gasteiger partial charge in [0.1, 0.15) is 42.3 Å². The topological polar surface area (TPSA) is 421 Å². The molecular formula is C49H71N17O10. The summed E-state index contributed by atoms with van der Waals surface area (Å²) in [5, 5.41) is 31.0. The van der Waals surface area contributed by atoms with Crippen LogP contribution in [0.1, 0.15) is 82.9 Å². The zero-order valence-electron chi connectivity index (χ0n) is 43.2. The van der Waals surface area contributed by atoms with Crippen LogP contribution in [0.25, 0.3) is 0 Å². The number of aromatic nitrogens is 6. The summed E-state index contributed by atoms with van der Waals surface area (Å²) in [6, 6.07) is -0.242. The molecule has 0 aliphatic rings. The lowest BCUT2D eigenvalue weighted by atomic mass is 9.99. The monoisotopic (exact) mass is 1060 g/mol. The fourth-order valence-electron chi connectivity index (χ4n) is 7.85. The summed E-state index contributed by atoms with van der Waals surface area (Å²) in [6.45, 7) is 8.02. The van der Waals surface area contributed by atoms with Crippen LogP contribution in [-0.4, -0.2) is 150 Å². The van der Waals surface area contributed by atoms with Crippen LogP contribution in [0.5, 0.6) is 0 Å². The van der Waals surface area contributed by atoms with E-state index in [1.807, 2.05) is 27.7 Å². The molecule has 27 heteroatoms. The normalized spacial score (nSPS) is 13.8. The van der Waals surface area contributed by atoms with E-state index in [0.29, 0.717) is 22.6 Å². The van der Waals surface area contributed by atoms with E-state index in [9.17, 15) is 48.3 Å². The number of aliphatic imine (C=N–C) groups is 1. The zero-order valence-corrected chi connectivity index (χ0v) is 43.2. The molecule has 412 valence electrons. The van der Waals surface area contributed by atoms with E-state index < -0.39 is 102 Å². The number of H-pyrrole nitrogens is 3. The first-order valence-electron chi connectivity index (χ1n) is 24.8. The van der Waals surface area contributed by atoms with Crippen molar-refractivity contribution in [1.82, 2.24) is 72.4 Å². The van der Waals surface area contributed by atoms with Gasteiger partial charge < -0.3 is 74.1 Å². The molecule has 3 heterocycles. The molecule has 0 aliphatic heterocycles. The summed E-state index contributed by atoms with van der Waals surface area (Å²) in [5.74, 6) is -7.73. The second kappa shape index (κ2) is 30.5. The molecule has 76 heavy (non-hydrogen) atoms. The zero-order chi connectivity index (χ0) is 55.7. The third-order valence-corrected chi connectivity index (χ3v) is 11.5. The maximum Gasteiger partial charge on any atom is 0.326 e. The van der Waals surface area contributed by atoms with Crippen molar-refractivity contribution in [2.24, 2.45) is 28.3 Å². The average molecular weight is 1060 g/mol. The van der Waals surface area contributed by atoms with E-state index in [1.54, 1.807) is 30.3 Å². The molecule has 7 atom stereocenters. The SMILES string of the molecule is CC(=O)N[C@@H](Cc1cnc[nH]1)C(=O)NCC(=O)N[C@@H](Cc1cnc[nH]1)C(=O)N[C@@H](CC(C)C)C(=O)N[C@@H](Cc1cnc[nH]1)C(=O)N[C@@H](CC(C)C)C(=O)N[C@@H](Cc1ccccc1)C(=O)N[C@@H](CCCN=C(N)N)C(=O)O. The molecule has 27 nitrogen and oxygen atoms in total. The highest BCUT2D eigenvalue weighted by atomic mass is 16.4. The van der Waals surface area contributed by atoms with Gasteiger partial charge in [-0.05, 0) is 43.1 Å². The number of carbonyl (C=O) groups is 9. The van der Waals surface area contributed by atoms with Crippen LogP contribution in [-0.2, 0) is 68.8 Å². The molecule has 4 rings (SSSR count). The van der Waals surface area contributed by atoms with Crippen LogP contribution in [0.15, 0.2) is 72.9 Å². The second-order valence-corrected chi connectivity index (χ2v) is 19.0. The highest BCUT2D eigenvalue weighted by Gasteiger charge is 2.35. The highest BCUT2D eigenvalue weighted by molar-refractivity contribution is 5.97. The fourth-order valence-corrected chi connectivity index (χ4v) is 7.85. The van der Waals surface area contributed by atoms with E-state index in [1.165, 1.54) is 44.5 Å². The average Bonchev–Trinajstić information content (AvgIpc) is 4.19. The molecule has 0 saturated heterocycles. The Bertz CT molecular complexity index is 2530. The molecule has 1 aromatic carbocycles. The maximum atomic E-state index is 14.4. The Morgan fingerprint density at radius 3 is 1.37 bits per heavy atom. The van der Waals surface area contributed by atoms with Gasteiger partial charge in [-0.3, -0.25) is 43.3 Å². The number of nitrogens with one attached hydrogen (secondary N) is 11. The quantitative estimate of drug-likeness (QED) is 0.0141. The number of amides is 8. The van der Waals surface area contributed by atoms with E-state index in [-0.39, 0.29) is 75.7 Å². The van der Waals surface area contributed by atoms with Crippen LogP contribution in [0, 0.1) is 11.8 Å². The minimum atomic E-state index is -1.38. The number of carbonyl (C=O) groups excluding carboxylic acids is 8. The van der Waals surface area contributed by atoms with Gasteiger partial charge in [0.15, 0.2) is 5.96 Å². The molecule has 0 aliphatic carbocycles. The van der Waals surface area contributed by atoms with Crippen LogP contribution < -0.4 is 54.0 Å². The lowest BCUT2D eigenvalue weighted by Gasteiger charge is -2.28. The van der Waals surface area contributed by atoms with Gasteiger partial charge in [0.25, 0.3) is 0 Å². The van der Waals surface area contributed by atoms with E-state index in [4.69, 9.17) is 11.5 Å². The van der Waals surface area contributed by atoms with Gasteiger partial charge in [-0.15, -0.1) is 0 Å². The molecule has 0 radical (unpaired) electrons.